The molecule has 0 radical (unpaired) electrons. The molecule has 2 aromatic rings. The third-order valence-corrected chi connectivity index (χ3v) is 11.4. The van der Waals surface area contributed by atoms with Crippen molar-refractivity contribution >= 4 is 41.4 Å². The summed E-state index contributed by atoms with van der Waals surface area (Å²) >= 11 is 0. The molecule has 2 saturated heterocycles. The smallest absolute Gasteiger partial charge is 0.329 e. The predicted molar refractivity (Wildman–Crippen MR) is 223 cm³/mol. The molecular formula is C44H62N6O11. The van der Waals surface area contributed by atoms with Gasteiger partial charge in [-0.05, 0) is 49.1 Å². The molecule has 0 spiro atoms. The van der Waals surface area contributed by atoms with E-state index in [9.17, 15) is 39.0 Å². The number of methoxy groups -OCH3 is 1. The van der Waals surface area contributed by atoms with Crippen molar-refractivity contribution in [2.24, 2.45) is 11.8 Å². The number of esters is 1. The number of hydrogen-bond acceptors (Lipinski definition) is 11. The van der Waals surface area contributed by atoms with Crippen LogP contribution >= 0.6 is 0 Å². The van der Waals surface area contributed by atoms with Crippen molar-refractivity contribution in [3.05, 3.63) is 71.8 Å². The number of ether oxygens (including phenoxy) is 2. The first-order valence-corrected chi connectivity index (χ1v) is 20.9. The predicted octanol–water partition coefficient (Wildman–Crippen LogP) is 0.592. The number of cyclic esters (lactones) is 1. The van der Waals surface area contributed by atoms with Crippen LogP contribution in [0.15, 0.2) is 60.7 Å². The van der Waals surface area contributed by atoms with E-state index in [-0.39, 0.29) is 38.0 Å². The van der Waals surface area contributed by atoms with Gasteiger partial charge in [-0.2, -0.15) is 0 Å². The summed E-state index contributed by atoms with van der Waals surface area (Å²) in [7, 11) is 2.88. The number of piperidine rings is 1. The molecule has 0 aromatic heterocycles. The number of amides is 6. The SMILES string of the molecule is CC[C@H](C)[C@@H]1NC(=O)[C@H](Cc2ccccc2)N(C)C(=O)[C@H](Cc2ccccc2)N2C(=O)[C@H](CC[C@H]2OC)NC(=O)[C@H](CC(C)C)NC(=O)C(NC(=O)[C@H](O)CO)[C@@H](C)OC1=O. The fourth-order valence-electron chi connectivity index (χ4n) is 7.60. The van der Waals surface area contributed by atoms with Crippen molar-refractivity contribution < 1.29 is 53.2 Å². The van der Waals surface area contributed by atoms with Crippen molar-refractivity contribution in [1.29, 1.82) is 0 Å². The molecule has 6 N–H and O–H groups in total. The zero-order valence-corrected chi connectivity index (χ0v) is 36.0. The lowest BCUT2D eigenvalue weighted by Gasteiger charge is -2.44. The number of carbonyl (C=O) groups is 7. The van der Waals surface area contributed by atoms with Gasteiger partial charge in [-0.3, -0.25) is 28.8 Å². The van der Waals surface area contributed by atoms with Crippen molar-refractivity contribution in [2.45, 2.75) is 128 Å². The molecule has 1 unspecified atom stereocenters. The third-order valence-electron chi connectivity index (χ3n) is 11.4. The quantitative estimate of drug-likeness (QED) is 0.162. The number of nitrogens with zero attached hydrogens (tertiary/aromatic N) is 2. The van der Waals surface area contributed by atoms with Gasteiger partial charge in [0.1, 0.15) is 48.6 Å². The molecule has 2 bridgehead atoms. The van der Waals surface area contributed by atoms with Crippen LogP contribution in [0, 0.1) is 11.8 Å². The summed E-state index contributed by atoms with van der Waals surface area (Å²) in [5, 5.41) is 30.1. The number of rotatable bonds is 12. The van der Waals surface area contributed by atoms with Crippen molar-refractivity contribution in [1.82, 2.24) is 31.1 Å². The normalized spacial score (nSPS) is 27.1. The number of nitrogens with one attached hydrogen (secondary N) is 4. The maximum absolute atomic E-state index is 15.1. The van der Waals surface area contributed by atoms with E-state index in [4.69, 9.17) is 9.47 Å². The van der Waals surface area contributed by atoms with Gasteiger partial charge in [0.25, 0.3) is 5.91 Å². The zero-order valence-electron chi connectivity index (χ0n) is 36.0. The van der Waals surface area contributed by atoms with Gasteiger partial charge < -0.3 is 50.8 Å². The average Bonchev–Trinajstić information content (AvgIpc) is 3.24. The molecular weight excluding hydrogens is 789 g/mol. The van der Waals surface area contributed by atoms with Crippen LogP contribution in [-0.2, 0) is 55.9 Å². The molecule has 2 heterocycles. The number of aliphatic hydroxyl groups excluding tert-OH is 2. The summed E-state index contributed by atoms with van der Waals surface area (Å²) in [5.41, 5.74) is 1.42. The molecule has 0 aliphatic carbocycles. The Hall–Kier alpha value is -5.39. The lowest BCUT2D eigenvalue weighted by Crippen LogP contribution is -2.65. The molecule has 17 nitrogen and oxygen atoms in total. The van der Waals surface area contributed by atoms with Gasteiger partial charge >= 0.3 is 5.97 Å². The van der Waals surface area contributed by atoms with Crippen LogP contribution in [0.2, 0.25) is 0 Å². The highest BCUT2D eigenvalue weighted by Crippen LogP contribution is 2.27. The van der Waals surface area contributed by atoms with E-state index in [0.717, 1.165) is 0 Å². The number of likely N-dealkylation sites (N-methyl/N-ethyl adjacent to an activating group) is 1. The fraction of sp³-hybridized carbons (Fsp3) is 0.568. The summed E-state index contributed by atoms with van der Waals surface area (Å²) in [6.07, 6.45) is -3.40. The minimum absolute atomic E-state index is 0.0185. The van der Waals surface area contributed by atoms with Crippen LogP contribution in [0.3, 0.4) is 0 Å². The molecule has 4 rings (SSSR count). The van der Waals surface area contributed by atoms with Crippen molar-refractivity contribution in [3.63, 3.8) is 0 Å². The first-order chi connectivity index (χ1) is 29.0. The Morgan fingerprint density at radius 2 is 1.44 bits per heavy atom. The molecule has 2 fully saturated rings. The third kappa shape index (κ3) is 12.6. The van der Waals surface area contributed by atoms with Crippen LogP contribution in [0.25, 0.3) is 0 Å². The van der Waals surface area contributed by atoms with Crippen LogP contribution < -0.4 is 21.3 Å². The molecule has 2 aromatic carbocycles. The minimum Gasteiger partial charge on any atom is -0.458 e. The summed E-state index contributed by atoms with van der Waals surface area (Å²) in [6, 6.07) is 10.2. The Balaban J connectivity index is 1.91. The Labute approximate surface area is 357 Å². The minimum atomic E-state index is -1.93. The van der Waals surface area contributed by atoms with Crippen LogP contribution in [-0.4, -0.2) is 137 Å². The van der Waals surface area contributed by atoms with Gasteiger partial charge in [0.15, 0.2) is 6.10 Å². The van der Waals surface area contributed by atoms with Gasteiger partial charge in [0.05, 0.1) is 6.61 Å². The number of carbonyl (C=O) groups excluding carboxylic acids is 7. The molecule has 0 saturated carbocycles. The standard InChI is InChI=1S/C44H62N6O11/c1-8-26(4)36-44(59)61-27(5)37(48-40(55)34(52)24-51)41(56)46-31(21-25(2)3)38(53)45-30-19-20-35(60-7)50(42(30)57)33(23-29-17-13-10-14-18-29)43(58)49(6)32(39(54)47-36)22-28-15-11-9-12-16-28/h9-18,25-27,30-37,51-52H,8,19-24H2,1-7H3,(H,45,53)(H,46,56)(H,47,54)(H,48,55)/t26-,27+,30-,31-,32-,33-,34+,35+,36-,37?/m0/s1. The monoisotopic (exact) mass is 850 g/mol. The number of aliphatic hydroxyl groups is 2. The first-order valence-electron chi connectivity index (χ1n) is 20.9. The molecule has 2 aliphatic rings. The van der Waals surface area contributed by atoms with E-state index in [1.165, 1.54) is 30.9 Å². The van der Waals surface area contributed by atoms with Crippen LogP contribution in [0.4, 0.5) is 0 Å². The molecule has 334 valence electrons. The van der Waals surface area contributed by atoms with E-state index in [0.29, 0.717) is 17.5 Å². The lowest BCUT2D eigenvalue weighted by molar-refractivity contribution is -0.168. The second-order valence-corrected chi connectivity index (χ2v) is 16.3. The summed E-state index contributed by atoms with van der Waals surface area (Å²) in [4.78, 5) is 102. The van der Waals surface area contributed by atoms with E-state index in [1.54, 1.807) is 50.2 Å². The van der Waals surface area contributed by atoms with E-state index in [1.807, 2.05) is 38.1 Å². The molecule has 2 aliphatic heterocycles. The highest BCUT2D eigenvalue weighted by Gasteiger charge is 2.46. The second-order valence-electron chi connectivity index (χ2n) is 16.3. The molecule has 6 amide bonds. The van der Waals surface area contributed by atoms with E-state index >= 15 is 4.79 Å². The molecule has 17 heteroatoms. The van der Waals surface area contributed by atoms with Gasteiger partial charge in [0, 0.05) is 27.0 Å². The first kappa shape index (κ1) is 48.3. The second kappa shape index (κ2) is 22.5. The maximum Gasteiger partial charge on any atom is 0.329 e. The summed E-state index contributed by atoms with van der Waals surface area (Å²) in [5.74, 6) is -6.40. The zero-order chi connectivity index (χ0) is 45.0. The topological polar surface area (TPSA) is 233 Å². The van der Waals surface area contributed by atoms with Crippen molar-refractivity contribution in [2.75, 3.05) is 20.8 Å². The molecule has 10 atom stereocenters. The summed E-state index contributed by atoms with van der Waals surface area (Å²) < 4.78 is 11.6. The van der Waals surface area contributed by atoms with E-state index < -0.39 is 109 Å². The Kier molecular flexibility index (Phi) is 17.8. The largest absolute Gasteiger partial charge is 0.458 e. The Morgan fingerprint density at radius 1 is 0.852 bits per heavy atom. The number of hydrogen-bond donors (Lipinski definition) is 6. The van der Waals surface area contributed by atoms with Gasteiger partial charge in [0.2, 0.25) is 29.5 Å². The average molecular weight is 851 g/mol. The van der Waals surface area contributed by atoms with E-state index in [2.05, 4.69) is 21.3 Å². The number of fused-ring (bicyclic) bond motifs is 2. The highest BCUT2D eigenvalue weighted by molar-refractivity contribution is 5.98. The van der Waals surface area contributed by atoms with Crippen LogP contribution in [0.5, 0.6) is 0 Å². The number of benzene rings is 2. The molecule has 61 heavy (non-hydrogen) atoms. The highest BCUT2D eigenvalue weighted by atomic mass is 16.5. The maximum atomic E-state index is 15.1. The summed E-state index contributed by atoms with van der Waals surface area (Å²) in [6.45, 7) is 7.49. The van der Waals surface area contributed by atoms with Gasteiger partial charge in [-0.15, -0.1) is 0 Å². The lowest BCUT2D eigenvalue weighted by atomic mass is 9.94. The Morgan fingerprint density at radius 3 is 1.98 bits per heavy atom. The van der Waals surface area contributed by atoms with Gasteiger partial charge in [-0.1, -0.05) is 94.8 Å². The Bertz CT molecular complexity index is 1830. The van der Waals surface area contributed by atoms with Crippen LogP contribution in [0.1, 0.15) is 71.4 Å². The van der Waals surface area contributed by atoms with Gasteiger partial charge in [-0.25, -0.2) is 4.79 Å². The van der Waals surface area contributed by atoms with Crippen molar-refractivity contribution in [3.8, 4) is 0 Å². The fourth-order valence-corrected chi connectivity index (χ4v) is 7.60.